The van der Waals surface area contributed by atoms with Gasteiger partial charge >= 0.3 is 11.9 Å². The second-order valence-corrected chi connectivity index (χ2v) is 16.4. The molecule has 0 rings (SSSR count). The lowest BCUT2D eigenvalue weighted by atomic mass is 10.1. The Hall–Kier alpha value is -2.81. The number of unbranched alkanes of at least 4 members (excludes halogenated alkanes) is 9. The first-order valence-electron chi connectivity index (χ1n) is 21.3. The molecule has 0 N–H and O–H groups in total. The SMILES string of the molecule is CC/C=C/C/C=C/C/C=C/C/C=C/C/C=C/CCCC(=O)OC[C@H](COP(=O)([O-])OCC[N+](C)(C)C)OC(=O)CCCC/C=C/C/C=C/CCCCCCCC. The van der Waals surface area contributed by atoms with E-state index in [0.717, 1.165) is 64.2 Å². The number of phosphoric ester groups is 1. The zero-order valence-electron chi connectivity index (χ0n) is 35.8. The van der Waals surface area contributed by atoms with E-state index >= 15 is 0 Å². The molecule has 0 aliphatic rings. The molecule has 0 fully saturated rings. The minimum absolute atomic E-state index is 0.0501. The maximum atomic E-state index is 12.6. The third-order valence-electron chi connectivity index (χ3n) is 8.40. The number of esters is 2. The van der Waals surface area contributed by atoms with Gasteiger partial charge in [-0.25, -0.2) is 0 Å². The first-order chi connectivity index (χ1) is 27.0. The van der Waals surface area contributed by atoms with E-state index < -0.39 is 32.5 Å². The van der Waals surface area contributed by atoms with E-state index in [1.54, 1.807) is 0 Å². The summed E-state index contributed by atoms with van der Waals surface area (Å²) in [6, 6.07) is 0. The fourth-order valence-electron chi connectivity index (χ4n) is 5.07. The van der Waals surface area contributed by atoms with E-state index in [-0.39, 0.29) is 26.1 Å². The van der Waals surface area contributed by atoms with E-state index in [1.165, 1.54) is 38.5 Å². The number of ether oxygens (including phenoxy) is 2. The van der Waals surface area contributed by atoms with E-state index in [9.17, 15) is 19.0 Å². The Kier molecular flexibility index (Phi) is 35.9. The quantitative estimate of drug-likeness (QED) is 0.0201. The van der Waals surface area contributed by atoms with Crippen LogP contribution in [0.25, 0.3) is 0 Å². The van der Waals surface area contributed by atoms with Crippen molar-refractivity contribution in [1.82, 2.24) is 0 Å². The highest BCUT2D eigenvalue weighted by Gasteiger charge is 2.21. The van der Waals surface area contributed by atoms with Crippen molar-refractivity contribution in [2.24, 2.45) is 0 Å². The van der Waals surface area contributed by atoms with Gasteiger partial charge in [0.25, 0.3) is 7.82 Å². The summed E-state index contributed by atoms with van der Waals surface area (Å²) in [5.41, 5.74) is 0. The van der Waals surface area contributed by atoms with Crippen LogP contribution < -0.4 is 4.89 Å². The summed E-state index contributed by atoms with van der Waals surface area (Å²) in [7, 11) is 1.10. The van der Waals surface area contributed by atoms with Gasteiger partial charge in [-0.15, -0.1) is 0 Å². The molecular weight excluding hydrogens is 725 g/mol. The van der Waals surface area contributed by atoms with Crippen molar-refractivity contribution >= 4 is 19.8 Å². The number of likely N-dealkylation sites (N-methyl/N-ethyl adjacent to an activating group) is 1. The maximum absolute atomic E-state index is 12.6. The predicted octanol–water partition coefficient (Wildman–Crippen LogP) is 11.4. The number of carbonyl (C=O) groups is 2. The lowest BCUT2D eigenvalue weighted by Crippen LogP contribution is -2.37. The summed E-state index contributed by atoms with van der Waals surface area (Å²) in [6.45, 7) is 3.97. The fourth-order valence-corrected chi connectivity index (χ4v) is 5.80. The Bertz CT molecular complexity index is 1230. The van der Waals surface area contributed by atoms with Crippen LogP contribution in [0.1, 0.15) is 142 Å². The van der Waals surface area contributed by atoms with Crippen LogP contribution in [-0.4, -0.2) is 70.0 Å². The number of hydrogen-bond donors (Lipinski definition) is 0. The summed E-state index contributed by atoms with van der Waals surface area (Å²) >= 11 is 0. The molecule has 1 unspecified atom stereocenters. The summed E-state index contributed by atoms with van der Waals surface area (Å²) in [4.78, 5) is 37.4. The van der Waals surface area contributed by atoms with Crippen LogP contribution in [0.3, 0.4) is 0 Å². The monoisotopic (exact) mass is 804 g/mol. The van der Waals surface area contributed by atoms with E-state index in [4.69, 9.17) is 18.5 Å². The Morgan fingerprint density at radius 2 is 1.04 bits per heavy atom. The molecule has 0 bridgehead atoms. The number of carbonyl (C=O) groups excluding carboxylic acids is 2. The molecule has 2 atom stereocenters. The molecule has 0 aromatic carbocycles. The molecule has 0 radical (unpaired) electrons. The van der Waals surface area contributed by atoms with E-state index in [0.29, 0.717) is 23.9 Å². The van der Waals surface area contributed by atoms with Gasteiger partial charge in [-0.1, -0.05) is 131 Å². The Morgan fingerprint density at radius 1 is 0.571 bits per heavy atom. The van der Waals surface area contributed by atoms with Crippen LogP contribution in [0.4, 0.5) is 0 Å². The van der Waals surface area contributed by atoms with Gasteiger partial charge in [0.05, 0.1) is 27.7 Å². The normalized spacial score (nSPS) is 14.5. The van der Waals surface area contributed by atoms with Crippen molar-refractivity contribution in [3.63, 3.8) is 0 Å². The molecule has 0 heterocycles. The Morgan fingerprint density at radius 3 is 1.57 bits per heavy atom. The molecule has 0 aromatic rings. The number of phosphoric acid groups is 1. The summed E-state index contributed by atoms with van der Waals surface area (Å²) in [6.07, 6.45) is 47.7. The van der Waals surface area contributed by atoms with Crippen molar-refractivity contribution in [2.75, 3.05) is 47.5 Å². The van der Waals surface area contributed by atoms with Crippen LogP contribution in [0.2, 0.25) is 0 Å². The van der Waals surface area contributed by atoms with E-state index in [2.05, 4.69) is 92.8 Å². The topological polar surface area (TPSA) is 111 Å². The zero-order chi connectivity index (χ0) is 41.4. The van der Waals surface area contributed by atoms with Gasteiger partial charge in [0.2, 0.25) is 0 Å². The summed E-state index contributed by atoms with van der Waals surface area (Å²) < 4.78 is 33.7. The Labute approximate surface area is 341 Å². The predicted molar refractivity (Wildman–Crippen MR) is 231 cm³/mol. The largest absolute Gasteiger partial charge is 0.756 e. The molecule has 0 aromatic heterocycles. The van der Waals surface area contributed by atoms with Crippen molar-refractivity contribution in [1.29, 1.82) is 0 Å². The molecule has 320 valence electrons. The first kappa shape index (κ1) is 53.2. The molecular formula is C46H78NO8P. The van der Waals surface area contributed by atoms with Crippen molar-refractivity contribution < 1.29 is 42.1 Å². The molecule has 0 aliphatic carbocycles. The van der Waals surface area contributed by atoms with Gasteiger partial charge in [0.15, 0.2) is 6.10 Å². The van der Waals surface area contributed by atoms with Gasteiger partial charge in [0.1, 0.15) is 19.8 Å². The summed E-state index contributed by atoms with van der Waals surface area (Å²) in [5, 5.41) is 0. The highest BCUT2D eigenvalue weighted by molar-refractivity contribution is 7.45. The number of quaternary nitrogens is 1. The van der Waals surface area contributed by atoms with E-state index in [1.807, 2.05) is 27.2 Å². The molecule has 56 heavy (non-hydrogen) atoms. The van der Waals surface area contributed by atoms with Crippen molar-refractivity contribution in [3.8, 4) is 0 Å². The first-order valence-corrected chi connectivity index (χ1v) is 22.8. The molecule has 0 saturated heterocycles. The molecule has 0 amide bonds. The highest BCUT2D eigenvalue weighted by Crippen LogP contribution is 2.38. The minimum atomic E-state index is -4.65. The second kappa shape index (κ2) is 37.7. The number of allylic oxidation sites excluding steroid dienone is 14. The standard InChI is InChI=1S/C46H78NO8P/c1-6-8-10-12-14-16-18-20-22-23-25-26-28-30-32-34-36-38-45(48)52-42-44(43-54-56(50,51)53-41-40-47(3,4)5)55-46(49)39-37-35-33-31-29-27-24-21-19-17-15-13-11-9-7-2/h8,10,14,16,20-22,24-26,29-32,44H,6-7,9,11-13,15,17-19,23,27-28,33-43H2,1-5H3/b10-8+,16-14+,22-20+,24-21+,26-25+,31-29+,32-30+/t44-/m1/s1. The van der Waals surface area contributed by atoms with Crippen LogP contribution in [-0.2, 0) is 32.7 Å². The van der Waals surface area contributed by atoms with Crippen LogP contribution in [0.5, 0.6) is 0 Å². The van der Waals surface area contributed by atoms with Crippen LogP contribution >= 0.6 is 7.82 Å². The van der Waals surface area contributed by atoms with Gasteiger partial charge in [-0.05, 0) is 83.5 Å². The fraction of sp³-hybridized carbons (Fsp3) is 0.652. The second-order valence-electron chi connectivity index (χ2n) is 15.0. The van der Waals surface area contributed by atoms with Gasteiger partial charge in [0, 0.05) is 12.8 Å². The lowest BCUT2D eigenvalue weighted by molar-refractivity contribution is -0.870. The zero-order valence-corrected chi connectivity index (χ0v) is 36.7. The van der Waals surface area contributed by atoms with Crippen LogP contribution in [0, 0.1) is 0 Å². The molecule has 0 aliphatic heterocycles. The average molecular weight is 804 g/mol. The third-order valence-corrected chi connectivity index (χ3v) is 9.36. The average Bonchev–Trinajstić information content (AvgIpc) is 3.15. The number of rotatable bonds is 37. The van der Waals surface area contributed by atoms with Gasteiger partial charge in [-0.3, -0.25) is 14.2 Å². The third kappa shape index (κ3) is 40.8. The molecule has 0 spiro atoms. The maximum Gasteiger partial charge on any atom is 0.306 e. The smallest absolute Gasteiger partial charge is 0.306 e. The molecule has 9 nitrogen and oxygen atoms in total. The minimum Gasteiger partial charge on any atom is -0.756 e. The molecule has 10 heteroatoms. The molecule has 0 saturated carbocycles. The summed E-state index contributed by atoms with van der Waals surface area (Å²) in [5.74, 6) is -0.951. The van der Waals surface area contributed by atoms with Crippen molar-refractivity contribution in [2.45, 2.75) is 148 Å². The van der Waals surface area contributed by atoms with Gasteiger partial charge < -0.3 is 27.9 Å². The van der Waals surface area contributed by atoms with Gasteiger partial charge in [-0.2, -0.15) is 0 Å². The van der Waals surface area contributed by atoms with Crippen LogP contribution in [0.15, 0.2) is 85.1 Å². The lowest BCUT2D eigenvalue weighted by Gasteiger charge is -2.28. The number of hydrogen-bond acceptors (Lipinski definition) is 8. The number of nitrogens with zero attached hydrogens (tertiary/aromatic N) is 1. The highest BCUT2D eigenvalue weighted by atomic mass is 31.2. The Balaban J connectivity index is 4.55. The van der Waals surface area contributed by atoms with Crippen molar-refractivity contribution in [3.05, 3.63) is 85.1 Å².